The molecule has 20 heavy (non-hydrogen) atoms. The first kappa shape index (κ1) is 12.8. The van der Waals surface area contributed by atoms with Gasteiger partial charge in [-0.2, -0.15) is 5.10 Å². The molecule has 0 radical (unpaired) electrons. The third kappa shape index (κ3) is 1.90. The van der Waals surface area contributed by atoms with E-state index in [0.29, 0.717) is 23.6 Å². The van der Waals surface area contributed by atoms with Crippen molar-refractivity contribution in [2.45, 2.75) is 26.7 Å². The van der Waals surface area contributed by atoms with Gasteiger partial charge in [-0.05, 0) is 37.1 Å². The number of hydrogen-bond acceptors (Lipinski definition) is 3. The molecule has 0 aromatic heterocycles. The SMILES string of the molecule is CCC1=NN2CCC(C)=C2C(=O)N1c1cccc(F)c1. The normalized spacial score (nSPS) is 18.6. The lowest BCUT2D eigenvalue weighted by molar-refractivity contribution is -0.116. The van der Waals surface area contributed by atoms with E-state index in [-0.39, 0.29) is 11.7 Å². The number of nitrogens with zero attached hydrogens (tertiary/aromatic N) is 3. The number of carbonyl (C=O) groups excluding carboxylic acids is 1. The van der Waals surface area contributed by atoms with Crippen LogP contribution in [-0.2, 0) is 4.79 Å². The summed E-state index contributed by atoms with van der Waals surface area (Å²) in [7, 11) is 0. The summed E-state index contributed by atoms with van der Waals surface area (Å²) in [5.41, 5.74) is 2.20. The molecule has 0 saturated carbocycles. The van der Waals surface area contributed by atoms with Crippen LogP contribution in [-0.4, -0.2) is 23.3 Å². The summed E-state index contributed by atoms with van der Waals surface area (Å²) in [5.74, 6) is 0.182. The number of hydrazone groups is 1. The molecule has 0 atom stereocenters. The molecule has 3 rings (SSSR count). The van der Waals surface area contributed by atoms with Crippen molar-refractivity contribution in [3.05, 3.63) is 41.4 Å². The highest BCUT2D eigenvalue weighted by Gasteiger charge is 2.36. The van der Waals surface area contributed by atoms with E-state index in [1.54, 1.807) is 17.1 Å². The lowest BCUT2D eigenvalue weighted by Crippen LogP contribution is -2.45. The Kier molecular flexibility index (Phi) is 3.04. The number of hydrogen-bond donors (Lipinski definition) is 0. The van der Waals surface area contributed by atoms with Gasteiger partial charge in [0.05, 0.1) is 5.69 Å². The fourth-order valence-electron chi connectivity index (χ4n) is 2.63. The predicted molar refractivity (Wildman–Crippen MR) is 75.6 cm³/mol. The summed E-state index contributed by atoms with van der Waals surface area (Å²) in [5, 5.41) is 6.30. The molecule has 0 aliphatic carbocycles. The Labute approximate surface area is 117 Å². The molecule has 0 saturated heterocycles. The van der Waals surface area contributed by atoms with Gasteiger partial charge in [0.1, 0.15) is 17.3 Å². The highest BCUT2D eigenvalue weighted by atomic mass is 19.1. The number of fused-ring (bicyclic) bond motifs is 1. The molecular formula is C15H16FN3O. The minimum Gasteiger partial charge on any atom is -0.266 e. The molecule has 4 nitrogen and oxygen atoms in total. The van der Waals surface area contributed by atoms with Gasteiger partial charge in [0.2, 0.25) is 0 Å². The van der Waals surface area contributed by atoms with Gasteiger partial charge in [-0.1, -0.05) is 13.0 Å². The Morgan fingerprint density at radius 1 is 1.40 bits per heavy atom. The summed E-state index contributed by atoms with van der Waals surface area (Å²) < 4.78 is 13.4. The van der Waals surface area contributed by atoms with E-state index >= 15 is 0 Å². The zero-order chi connectivity index (χ0) is 14.3. The molecule has 1 amide bonds. The first-order chi connectivity index (χ1) is 9.61. The van der Waals surface area contributed by atoms with E-state index in [1.807, 2.05) is 13.8 Å². The maximum atomic E-state index is 13.4. The largest absolute Gasteiger partial charge is 0.281 e. The van der Waals surface area contributed by atoms with Crippen molar-refractivity contribution in [2.75, 3.05) is 11.4 Å². The first-order valence-electron chi connectivity index (χ1n) is 6.76. The van der Waals surface area contributed by atoms with Crippen molar-refractivity contribution in [3.8, 4) is 0 Å². The van der Waals surface area contributed by atoms with E-state index < -0.39 is 0 Å². The topological polar surface area (TPSA) is 35.9 Å². The third-order valence-corrected chi connectivity index (χ3v) is 3.64. The van der Waals surface area contributed by atoms with Gasteiger partial charge < -0.3 is 0 Å². The van der Waals surface area contributed by atoms with E-state index in [2.05, 4.69) is 5.10 Å². The monoisotopic (exact) mass is 273 g/mol. The maximum absolute atomic E-state index is 13.4. The summed E-state index contributed by atoms with van der Waals surface area (Å²) in [6.45, 7) is 4.63. The number of benzene rings is 1. The van der Waals surface area contributed by atoms with E-state index in [9.17, 15) is 9.18 Å². The van der Waals surface area contributed by atoms with Crippen molar-refractivity contribution < 1.29 is 9.18 Å². The highest BCUT2D eigenvalue weighted by molar-refractivity contribution is 6.23. The van der Waals surface area contributed by atoms with E-state index in [1.165, 1.54) is 17.0 Å². The molecule has 5 heteroatoms. The second kappa shape index (κ2) is 4.74. The lowest BCUT2D eigenvalue weighted by Gasteiger charge is -2.32. The second-order valence-corrected chi connectivity index (χ2v) is 4.99. The zero-order valence-corrected chi connectivity index (χ0v) is 11.6. The molecule has 104 valence electrons. The fraction of sp³-hybridized carbons (Fsp3) is 0.333. The Bertz CT molecular complexity index is 636. The predicted octanol–water partition coefficient (Wildman–Crippen LogP) is 2.88. The Hall–Kier alpha value is -2.17. The van der Waals surface area contributed by atoms with Gasteiger partial charge in [0.15, 0.2) is 0 Å². The standard InChI is InChI=1S/C15H16FN3O/c1-3-13-17-18-8-7-10(2)14(18)15(20)19(13)12-6-4-5-11(16)9-12/h4-6,9H,3,7-8H2,1-2H3. The van der Waals surface area contributed by atoms with Crippen LogP contribution < -0.4 is 4.90 Å². The number of amides is 1. The van der Waals surface area contributed by atoms with Gasteiger partial charge in [-0.3, -0.25) is 14.7 Å². The minimum atomic E-state index is -0.356. The Morgan fingerprint density at radius 2 is 2.20 bits per heavy atom. The summed E-state index contributed by atoms with van der Waals surface area (Å²) in [6.07, 6.45) is 1.46. The zero-order valence-electron chi connectivity index (χ0n) is 11.6. The van der Waals surface area contributed by atoms with E-state index in [0.717, 1.165) is 18.5 Å². The van der Waals surface area contributed by atoms with Crippen LogP contribution in [0.5, 0.6) is 0 Å². The van der Waals surface area contributed by atoms with Gasteiger partial charge in [0, 0.05) is 13.0 Å². The molecule has 0 fully saturated rings. The number of halogens is 1. The van der Waals surface area contributed by atoms with Crippen LogP contribution in [0, 0.1) is 5.82 Å². The Balaban J connectivity index is 2.11. The average Bonchev–Trinajstić information content (AvgIpc) is 2.80. The number of rotatable bonds is 2. The highest BCUT2D eigenvalue weighted by Crippen LogP contribution is 2.31. The molecule has 2 aliphatic rings. The van der Waals surface area contributed by atoms with Crippen LogP contribution in [0.25, 0.3) is 0 Å². The van der Waals surface area contributed by atoms with Crippen molar-refractivity contribution in [1.29, 1.82) is 0 Å². The molecule has 2 heterocycles. The molecule has 1 aromatic rings. The van der Waals surface area contributed by atoms with Crippen LogP contribution in [0.3, 0.4) is 0 Å². The molecule has 0 bridgehead atoms. The Morgan fingerprint density at radius 3 is 2.90 bits per heavy atom. The molecule has 1 aromatic carbocycles. The van der Waals surface area contributed by atoms with Crippen LogP contribution >= 0.6 is 0 Å². The first-order valence-corrected chi connectivity index (χ1v) is 6.76. The second-order valence-electron chi connectivity index (χ2n) is 4.99. The van der Waals surface area contributed by atoms with Crippen molar-refractivity contribution in [1.82, 2.24) is 5.01 Å². The van der Waals surface area contributed by atoms with Crippen molar-refractivity contribution in [2.24, 2.45) is 5.10 Å². The van der Waals surface area contributed by atoms with E-state index in [4.69, 9.17) is 0 Å². The third-order valence-electron chi connectivity index (χ3n) is 3.64. The van der Waals surface area contributed by atoms with Crippen LogP contribution in [0.15, 0.2) is 40.6 Å². The summed E-state index contributed by atoms with van der Waals surface area (Å²) in [4.78, 5) is 14.2. The average molecular weight is 273 g/mol. The van der Waals surface area contributed by atoms with Gasteiger partial charge in [-0.15, -0.1) is 0 Å². The molecule has 0 N–H and O–H groups in total. The van der Waals surface area contributed by atoms with Gasteiger partial charge in [0.25, 0.3) is 5.91 Å². The van der Waals surface area contributed by atoms with Crippen LogP contribution in [0.1, 0.15) is 26.7 Å². The molecular weight excluding hydrogens is 257 g/mol. The fourth-order valence-corrected chi connectivity index (χ4v) is 2.63. The van der Waals surface area contributed by atoms with Crippen molar-refractivity contribution in [3.63, 3.8) is 0 Å². The van der Waals surface area contributed by atoms with Gasteiger partial charge in [-0.25, -0.2) is 4.39 Å². The van der Waals surface area contributed by atoms with Gasteiger partial charge >= 0.3 is 0 Å². The van der Waals surface area contributed by atoms with Crippen molar-refractivity contribution >= 4 is 17.4 Å². The molecule has 0 spiro atoms. The number of anilines is 1. The summed E-state index contributed by atoms with van der Waals surface area (Å²) >= 11 is 0. The molecule has 2 aliphatic heterocycles. The number of amidine groups is 1. The maximum Gasteiger partial charge on any atom is 0.281 e. The summed E-state index contributed by atoms with van der Waals surface area (Å²) in [6, 6.07) is 6.07. The quantitative estimate of drug-likeness (QED) is 0.830. The van der Waals surface area contributed by atoms with Crippen LogP contribution in [0.4, 0.5) is 10.1 Å². The van der Waals surface area contributed by atoms with Crippen LogP contribution in [0.2, 0.25) is 0 Å². The molecule has 0 unspecified atom stereocenters. The number of carbonyl (C=O) groups is 1. The smallest absolute Gasteiger partial charge is 0.266 e. The minimum absolute atomic E-state index is 0.113. The lowest BCUT2D eigenvalue weighted by atomic mass is 10.1.